The molecule has 1 N–H and O–H groups in total. The number of carbonyl (C=O) groups excluding carboxylic acids is 1. The zero-order valence-electron chi connectivity index (χ0n) is 10.5. The normalized spacial score (nSPS) is 15.6. The van der Waals surface area contributed by atoms with Crippen molar-refractivity contribution in [2.24, 2.45) is 5.92 Å². The predicted octanol–water partition coefficient (Wildman–Crippen LogP) is 1.97. The number of nitrogens with one attached hydrogen (secondary N) is 1. The number of nitro groups is 1. The summed E-state index contributed by atoms with van der Waals surface area (Å²) in [5.74, 6) is 0.217. The lowest BCUT2D eigenvalue weighted by Crippen LogP contribution is -2.41. The minimum atomic E-state index is -0.595. The first kappa shape index (κ1) is 13.3. The van der Waals surface area contributed by atoms with Gasteiger partial charge in [-0.25, -0.2) is 4.79 Å². The molecular formula is C13H16N2O4. The zero-order valence-corrected chi connectivity index (χ0v) is 10.5. The molecule has 0 spiro atoms. The first-order valence-corrected chi connectivity index (χ1v) is 6.24. The number of amides is 1. The van der Waals surface area contributed by atoms with Crippen LogP contribution in [0.4, 0.5) is 4.79 Å². The molecule has 0 radical (unpaired) electrons. The Morgan fingerprint density at radius 1 is 1.42 bits per heavy atom. The number of nitrogens with zero attached hydrogens (tertiary/aromatic N) is 1. The van der Waals surface area contributed by atoms with Crippen molar-refractivity contribution in [3.8, 4) is 0 Å². The lowest BCUT2D eigenvalue weighted by atomic mass is 10.2. The molecule has 1 aromatic rings. The Kier molecular flexibility index (Phi) is 4.33. The van der Waals surface area contributed by atoms with E-state index in [2.05, 4.69) is 5.32 Å². The van der Waals surface area contributed by atoms with Crippen molar-refractivity contribution in [2.75, 3.05) is 6.54 Å². The highest BCUT2D eigenvalue weighted by Gasteiger charge is 2.35. The van der Waals surface area contributed by atoms with Crippen LogP contribution >= 0.6 is 0 Å². The molecule has 0 aliphatic heterocycles. The van der Waals surface area contributed by atoms with Gasteiger partial charge in [0.25, 0.3) is 0 Å². The topological polar surface area (TPSA) is 81.5 Å². The second kappa shape index (κ2) is 6.17. The van der Waals surface area contributed by atoms with E-state index in [-0.39, 0.29) is 19.1 Å². The third kappa shape index (κ3) is 4.57. The zero-order chi connectivity index (χ0) is 13.7. The number of ether oxygens (including phenoxy) is 1. The molecule has 19 heavy (non-hydrogen) atoms. The van der Waals surface area contributed by atoms with Crippen LogP contribution in [0.15, 0.2) is 30.3 Å². The molecule has 0 unspecified atom stereocenters. The molecule has 0 saturated heterocycles. The molecule has 6 heteroatoms. The van der Waals surface area contributed by atoms with Crippen LogP contribution < -0.4 is 5.32 Å². The van der Waals surface area contributed by atoms with E-state index in [1.54, 1.807) is 0 Å². The summed E-state index contributed by atoms with van der Waals surface area (Å²) >= 11 is 0. The van der Waals surface area contributed by atoms with Gasteiger partial charge in [-0.1, -0.05) is 30.3 Å². The molecule has 1 atom stereocenters. The summed E-state index contributed by atoms with van der Waals surface area (Å²) in [6, 6.07) is 8.88. The van der Waals surface area contributed by atoms with E-state index in [9.17, 15) is 14.9 Å². The molecule has 102 valence electrons. The van der Waals surface area contributed by atoms with Gasteiger partial charge in [-0.15, -0.1) is 0 Å². The number of rotatable bonds is 6. The van der Waals surface area contributed by atoms with Crippen LogP contribution in [0.2, 0.25) is 0 Å². The van der Waals surface area contributed by atoms with Gasteiger partial charge < -0.3 is 10.1 Å². The molecule has 0 heterocycles. The third-order valence-corrected chi connectivity index (χ3v) is 3.05. The van der Waals surface area contributed by atoms with Crippen LogP contribution in [0.3, 0.4) is 0 Å². The molecule has 1 aliphatic rings. The smallest absolute Gasteiger partial charge is 0.407 e. The van der Waals surface area contributed by atoms with Crippen molar-refractivity contribution in [1.29, 1.82) is 0 Å². The van der Waals surface area contributed by atoms with Gasteiger partial charge in [0, 0.05) is 4.92 Å². The van der Waals surface area contributed by atoms with Crippen LogP contribution in [0.5, 0.6) is 0 Å². The van der Waals surface area contributed by atoms with Crippen LogP contribution in [0, 0.1) is 16.0 Å². The average molecular weight is 264 g/mol. The highest BCUT2D eigenvalue weighted by molar-refractivity contribution is 5.67. The van der Waals surface area contributed by atoms with Crippen LogP contribution in [-0.2, 0) is 11.3 Å². The fourth-order valence-corrected chi connectivity index (χ4v) is 1.89. The standard InChI is InChI=1S/C13H16N2O4/c16-13(19-9-10-4-2-1-3-5-10)14-12(8-15(17)18)11-6-7-11/h1-5,11-12H,6-9H2,(H,14,16)/t12-/m0/s1. The molecule has 1 aliphatic carbocycles. The average Bonchev–Trinajstić information content (AvgIpc) is 3.20. The van der Waals surface area contributed by atoms with Crippen LogP contribution in [0.25, 0.3) is 0 Å². The van der Waals surface area contributed by atoms with E-state index in [0.717, 1.165) is 18.4 Å². The van der Waals surface area contributed by atoms with Gasteiger partial charge in [0.2, 0.25) is 6.54 Å². The first-order valence-electron chi connectivity index (χ1n) is 6.24. The maximum absolute atomic E-state index is 11.6. The minimum absolute atomic E-state index is 0.169. The highest BCUT2D eigenvalue weighted by Crippen LogP contribution is 2.32. The van der Waals surface area contributed by atoms with Crippen molar-refractivity contribution in [2.45, 2.75) is 25.5 Å². The van der Waals surface area contributed by atoms with Gasteiger partial charge in [-0.2, -0.15) is 0 Å². The molecule has 1 saturated carbocycles. The van der Waals surface area contributed by atoms with Gasteiger partial charge >= 0.3 is 6.09 Å². The molecule has 6 nitrogen and oxygen atoms in total. The summed E-state index contributed by atoms with van der Waals surface area (Å²) in [5.41, 5.74) is 0.884. The Morgan fingerprint density at radius 3 is 2.68 bits per heavy atom. The number of hydrogen-bond donors (Lipinski definition) is 1. The second-order valence-corrected chi connectivity index (χ2v) is 4.67. The van der Waals surface area contributed by atoms with Crippen molar-refractivity contribution in [3.63, 3.8) is 0 Å². The van der Waals surface area contributed by atoms with Crippen molar-refractivity contribution >= 4 is 6.09 Å². The third-order valence-electron chi connectivity index (χ3n) is 3.05. The first-order chi connectivity index (χ1) is 9.15. The summed E-state index contributed by atoms with van der Waals surface area (Å²) in [5, 5.41) is 13.1. The molecular weight excluding hydrogens is 248 g/mol. The summed E-state index contributed by atoms with van der Waals surface area (Å²) in [6.07, 6.45) is 1.26. The molecule has 1 aromatic carbocycles. The fourth-order valence-electron chi connectivity index (χ4n) is 1.89. The lowest BCUT2D eigenvalue weighted by molar-refractivity contribution is -0.484. The monoisotopic (exact) mass is 264 g/mol. The highest BCUT2D eigenvalue weighted by atomic mass is 16.6. The molecule has 0 aromatic heterocycles. The number of carbonyl (C=O) groups is 1. The Bertz CT molecular complexity index is 445. The maximum Gasteiger partial charge on any atom is 0.407 e. The van der Waals surface area contributed by atoms with Crippen LogP contribution in [0.1, 0.15) is 18.4 Å². The second-order valence-electron chi connectivity index (χ2n) is 4.67. The number of benzene rings is 1. The van der Waals surface area contributed by atoms with E-state index >= 15 is 0 Å². The predicted molar refractivity (Wildman–Crippen MR) is 68.1 cm³/mol. The summed E-state index contributed by atoms with van der Waals surface area (Å²) < 4.78 is 5.05. The Balaban J connectivity index is 1.77. The van der Waals surface area contributed by atoms with E-state index in [4.69, 9.17) is 4.74 Å². The van der Waals surface area contributed by atoms with Crippen molar-refractivity contribution in [1.82, 2.24) is 5.32 Å². The van der Waals surface area contributed by atoms with E-state index < -0.39 is 17.1 Å². The number of hydrogen-bond acceptors (Lipinski definition) is 4. The molecule has 1 amide bonds. The lowest BCUT2D eigenvalue weighted by Gasteiger charge is -2.14. The quantitative estimate of drug-likeness (QED) is 0.629. The van der Waals surface area contributed by atoms with E-state index in [0.29, 0.717) is 0 Å². The SMILES string of the molecule is O=C(N[C@@H](C[N+](=O)[O-])C1CC1)OCc1ccccc1. The molecule has 0 bridgehead atoms. The van der Waals surface area contributed by atoms with Crippen molar-refractivity contribution < 1.29 is 14.5 Å². The summed E-state index contributed by atoms with van der Waals surface area (Å²) in [7, 11) is 0. The Labute approximate surface area is 110 Å². The van der Waals surface area contributed by atoms with Gasteiger partial charge in [0.15, 0.2) is 0 Å². The minimum Gasteiger partial charge on any atom is -0.445 e. The van der Waals surface area contributed by atoms with Gasteiger partial charge in [0.05, 0.1) is 6.04 Å². The van der Waals surface area contributed by atoms with E-state index in [1.165, 1.54) is 0 Å². The van der Waals surface area contributed by atoms with Gasteiger partial charge in [-0.3, -0.25) is 10.1 Å². The number of alkyl carbamates (subject to hydrolysis) is 1. The van der Waals surface area contributed by atoms with E-state index in [1.807, 2.05) is 30.3 Å². The van der Waals surface area contributed by atoms with Crippen molar-refractivity contribution in [3.05, 3.63) is 46.0 Å². The Morgan fingerprint density at radius 2 is 2.11 bits per heavy atom. The fraction of sp³-hybridized carbons (Fsp3) is 0.462. The Hall–Kier alpha value is -2.11. The maximum atomic E-state index is 11.6. The van der Waals surface area contributed by atoms with Gasteiger partial charge in [0.1, 0.15) is 6.61 Å². The molecule has 2 rings (SSSR count). The molecule has 1 fully saturated rings. The summed E-state index contributed by atoms with van der Waals surface area (Å²) in [4.78, 5) is 21.7. The van der Waals surface area contributed by atoms with Gasteiger partial charge in [-0.05, 0) is 24.3 Å². The van der Waals surface area contributed by atoms with Crippen LogP contribution in [-0.4, -0.2) is 23.6 Å². The largest absolute Gasteiger partial charge is 0.445 e. The summed E-state index contributed by atoms with van der Waals surface area (Å²) in [6.45, 7) is -0.0758.